The van der Waals surface area contributed by atoms with Gasteiger partial charge in [0.15, 0.2) is 0 Å². The third-order valence-electron chi connectivity index (χ3n) is 4.20. The van der Waals surface area contributed by atoms with Gasteiger partial charge in [0.1, 0.15) is 11.5 Å². The Balaban J connectivity index is 0.00000156. The first-order valence-electron chi connectivity index (χ1n) is 8.25. The van der Waals surface area contributed by atoms with Crippen molar-refractivity contribution in [2.75, 3.05) is 26.2 Å². The van der Waals surface area contributed by atoms with Crippen molar-refractivity contribution in [3.8, 4) is 11.5 Å². The molecule has 1 fully saturated rings. The second-order valence-electron chi connectivity index (χ2n) is 5.81. The van der Waals surface area contributed by atoms with Crippen LogP contribution in [-0.2, 0) is 0 Å². The fourth-order valence-electron chi connectivity index (χ4n) is 3.06. The third kappa shape index (κ3) is 6.05. The SMILES string of the molecule is C=CC[C@@H](c1cccc(Oc2ccccc2)c1)N1CCNCC1.Cl.Cl. The van der Waals surface area contributed by atoms with Crippen LogP contribution in [0.2, 0.25) is 0 Å². The van der Waals surface area contributed by atoms with Crippen LogP contribution in [0, 0.1) is 0 Å². The summed E-state index contributed by atoms with van der Waals surface area (Å²) in [6, 6.07) is 18.7. The number of nitrogens with zero attached hydrogens (tertiary/aromatic N) is 1. The molecule has 0 saturated carbocycles. The average molecular weight is 381 g/mol. The lowest BCUT2D eigenvalue weighted by atomic mass is 10.0. The molecule has 0 aliphatic carbocycles. The number of para-hydroxylation sites is 1. The molecule has 0 amide bonds. The van der Waals surface area contributed by atoms with Crippen LogP contribution in [0.4, 0.5) is 0 Å². The lowest BCUT2D eigenvalue weighted by Crippen LogP contribution is -2.45. The molecule has 0 aromatic heterocycles. The molecule has 25 heavy (non-hydrogen) atoms. The first-order valence-corrected chi connectivity index (χ1v) is 8.25. The summed E-state index contributed by atoms with van der Waals surface area (Å²) in [6.45, 7) is 8.18. The average Bonchev–Trinajstić information content (AvgIpc) is 2.61. The number of benzene rings is 2. The van der Waals surface area contributed by atoms with Crippen LogP contribution < -0.4 is 10.1 Å². The molecule has 1 saturated heterocycles. The number of hydrogen-bond acceptors (Lipinski definition) is 3. The van der Waals surface area contributed by atoms with Crippen LogP contribution in [0.25, 0.3) is 0 Å². The van der Waals surface area contributed by atoms with Gasteiger partial charge in [-0.3, -0.25) is 4.90 Å². The number of halogens is 2. The Morgan fingerprint density at radius 1 is 1.00 bits per heavy atom. The van der Waals surface area contributed by atoms with E-state index in [9.17, 15) is 0 Å². The number of ether oxygens (including phenoxy) is 1. The Hall–Kier alpha value is -1.52. The van der Waals surface area contributed by atoms with E-state index in [2.05, 4.69) is 35.0 Å². The molecule has 2 aromatic rings. The minimum atomic E-state index is 0. The highest BCUT2D eigenvalue weighted by atomic mass is 35.5. The van der Waals surface area contributed by atoms with Crippen LogP contribution in [0.15, 0.2) is 67.3 Å². The van der Waals surface area contributed by atoms with E-state index < -0.39 is 0 Å². The Morgan fingerprint density at radius 2 is 1.68 bits per heavy atom. The number of rotatable bonds is 6. The zero-order valence-electron chi connectivity index (χ0n) is 14.3. The summed E-state index contributed by atoms with van der Waals surface area (Å²) in [5.41, 5.74) is 1.29. The van der Waals surface area contributed by atoms with Gasteiger partial charge in [-0.1, -0.05) is 36.4 Å². The standard InChI is InChI=1S/C20H24N2O.2ClH/c1-2-7-20(22-14-12-21-13-15-22)17-8-6-11-19(16-17)23-18-9-4-3-5-10-18;;/h2-6,8-11,16,20-21H,1,7,12-15H2;2*1H/t20-;;/m0../s1. The molecular weight excluding hydrogens is 355 g/mol. The van der Waals surface area contributed by atoms with Crippen molar-refractivity contribution in [2.45, 2.75) is 12.5 Å². The fourth-order valence-corrected chi connectivity index (χ4v) is 3.06. The molecule has 1 N–H and O–H groups in total. The van der Waals surface area contributed by atoms with E-state index in [0.29, 0.717) is 6.04 Å². The summed E-state index contributed by atoms with van der Waals surface area (Å²) in [5.74, 6) is 1.75. The van der Waals surface area contributed by atoms with Crippen molar-refractivity contribution < 1.29 is 4.74 Å². The molecule has 0 bridgehead atoms. The van der Waals surface area contributed by atoms with Gasteiger partial charge in [-0.25, -0.2) is 0 Å². The van der Waals surface area contributed by atoms with E-state index in [4.69, 9.17) is 4.74 Å². The predicted octanol–water partition coefficient (Wildman–Crippen LogP) is 4.84. The molecule has 3 nitrogen and oxygen atoms in total. The van der Waals surface area contributed by atoms with Crippen molar-refractivity contribution in [1.29, 1.82) is 0 Å². The second kappa shape index (κ2) is 11.2. The van der Waals surface area contributed by atoms with Gasteiger partial charge in [-0.15, -0.1) is 31.4 Å². The predicted molar refractivity (Wildman–Crippen MR) is 109 cm³/mol. The zero-order chi connectivity index (χ0) is 15.9. The van der Waals surface area contributed by atoms with Crippen molar-refractivity contribution in [3.05, 3.63) is 72.8 Å². The quantitative estimate of drug-likeness (QED) is 0.725. The molecule has 0 unspecified atom stereocenters. The Kier molecular flexibility index (Phi) is 9.61. The molecule has 3 rings (SSSR count). The minimum absolute atomic E-state index is 0. The summed E-state index contributed by atoms with van der Waals surface area (Å²) in [6.07, 6.45) is 2.96. The molecule has 1 aliphatic heterocycles. The third-order valence-corrected chi connectivity index (χ3v) is 4.20. The van der Waals surface area contributed by atoms with E-state index in [0.717, 1.165) is 44.1 Å². The zero-order valence-corrected chi connectivity index (χ0v) is 15.9. The van der Waals surface area contributed by atoms with Crippen molar-refractivity contribution >= 4 is 24.8 Å². The van der Waals surface area contributed by atoms with Crippen molar-refractivity contribution in [3.63, 3.8) is 0 Å². The molecule has 2 aromatic carbocycles. The molecule has 1 heterocycles. The largest absolute Gasteiger partial charge is 0.457 e. The summed E-state index contributed by atoms with van der Waals surface area (Å²) in [5, 5.41) is 3.42. The summed E-state index contributed by atoms with van der Waals surface area (Å²) >= 11 is 0. The van der Waals surface area contributed by atoms with Gasteiger partial charge in [-0.2, -0.15) is 0 Å². The van der Waals surface area contributed by atoms with Crippen molar-refractivity contribution in [1.82, 2.24) is 10.2 Å². The fraction of sp³-hybridized carbons (Fsp3) is 0.300. The summed E-state index contributed by atoms with van der Waals surface area (Å²) in [7, 11) is 0. The Morgan fingerprint density at radius 3 is 2.36 bits per heavy atom. The highest BCUT2D eigenvalue weighted by molar-refractivity contribution is 5.85. The second-order valence-corrected chi connectivity index (χ2v) is 5.81. The first-order chi connectivity index (χ1) is 11.4. The van der Waals surface area contributed by atoms with Gasteiger partial charge in [-0.05, 0) is 36.2 Å². The normalized spacial score (nSPS) is 15.4. The lowest BCUT2D eigenvalue weighted by molar-refractivity contribution is 0.174. The van der Waals surface area contributed by atoms with E-state index in [-0.39, 0.29) is 24.8 Å². The van der Waals surface area contributed by atoms with Crippen LogP contribution >= 0.6 is 24.8 Å². The van der Waals surface area contributed by atoms with E-state index >= 15 is 0 Å². The Bertz CT molecular complexity index is 631. The van der Waals surface area contributed by atoms with Gasteiger partial charge in [0, 0.05) is 32.2 Å². The van der Waals surface area contributed by atoms with Gasteiger partial charge < -0.3 is 10.1 Å². The number of nitrogens with one attached hydrogen (secondary N) is 1. The van der Waals surface area contributed by atoms with Crippen LogP contribution in [0.1, 0.15) is 18.0 Å². The summed E-state index contributed by atoms with van der Waals surface area (Å²) in [4.78, 5) is 2.53. The van der Waals surface area contributed by atoms with E-state index in [1.165, 1.54) is 5.56 Å². The monoisotopic (exact) mass is 380 g/mol. The number of piperazine rings is 1. The number of hydrogen-bond donors (Lipinski definition) is 1. The smallest absolute Gasteiger partial charge is 0.127 e. The molecule has 1 atom stereocenters. The minimum Gasteiger partial charge on any atom is -0.457 e. The summed E-state index contributed by atoms with van der Waals surface area (Å²) < 4.78 is 5.98. The maximum absolute atomic E-state index is 5.98. The van der Waals surface area contributed by atoms with E-state index in [1.54, 1.807) is 0 Å². The topological polar surface area (TPSA) is 24.5 Å². The molecule has 0 radical (unpaired) electrons. The van der Waals surface area contributed by atoms with Crippen LogP contribution in [-0.4, -0.2) is 31.1 Å². The van der Waals surface area contributed by atoms with Crippen LogP contribution in [0.5, 0.6) is 11.5 Å². The first kappa shape index (κ1) is 21.5. The van der Waals surface area contributed by atoms with Crippen LogP contribution in [0.3, 0.4) is 0 Å². The maximum atomic E-state index is 5.98. The molecule has 1 aliphatic rings. The van der Waals surface area contributed by atoms with Gasteiger partial charge in [0.2, 0.25) is 0 Å². The molecule has 5 heteroatoms. The Labute approximate surface area is 162 Å². The van der Waals surface area contributed by atoms with E-state index in [1.807, 2.05) is 42.5 Å². The van der Waals surface area contributed by atoms with Gasteiger partial charge in [0.05, 0.1) is 0 Å². The molecule has 0 spiro atoms. The molecular formula is C20H26Cl2N2O. The highest BCUT2D eigenvalue weighted by Crippen LogP contribution is 2.29. The van der Waals surface area contributed by atoms with Gasteiger partial charge in [0.25, 0.3) is 0 Å². The van der Waals surface area contributed by atoms with Crippen molar-refractivity contribution in [2.24, 2.45) is 0 Å². The highest BCUT2D eigenvalue weighted by Gasteiger charge is 2.21. The van der Waals surface area contributed by atoms with Gasteiger partial charge >= 0.3 is 0 Å². The lowest BCUT2D eigenvalue weighted by Gasteiger charge is -2.35. The maximum Gasteiger partial charge on any atom is 0.127 e. The molecule has 136 valence electrons.